The molecule has 15 heavy (non-hydrogen) atoms. The molecule has 0 unspecified atom stereocenters. The number of hydrogen-bond acceptors (Lipinski definition) is 3. The molecule has 0 amide bonds. The highest BCUT2D eigenvalue weighted by atomic mass is 32.2. The van der Waals surface area contributed by atoms with Crippen molar-refractivity contribution in [2.45, 2.75) is 18.2 Å². The van der Waals surface area contributed by atoms with E-state index in [2.05, 4.69) is 25.1 Å². The van der Waals surface area contributed by atoms with Crippen LogP contribution in [-0.2, 0) is 11.2 Å². The smallest absolute Gasteiger partial charge is 0.0556 e. The van der Waals surface area contributed by atoms with E-state index in [0.29, 0.717) is 6.54 Å². The molecule has 2 nitrogen and oxygen atoms in total. The first-order valence-corrected chi connectivity index (χ1v) is 6.18. The van der Waals surface area contributed by atoms with E-state index in [-0.39, 0.29) is 0 Å². The lowest BCUT2D eigenvalue weighted by molar-refractivity contribution is 0.218. The lowest BCUT2D eigenvalue weighted by Gasteiger charge is -2.09. The van der Waals surface area contributed by atoms with Gasteiger partial charge in [-0.2, -0.15) is 0 Å². The number of methoxy groups -OCH3 is 1. The zero-order valence-electron chi connectivity index (χ0n) is 9.45. The molecule has 0 saturated heterocycles. The Morgan fingerprint density at radius 1 is 1.40 bits per heavy atom. The number of hydrogen-bond donors (Lipinski definition) is 1. The van der Waals surface area contributed by atoms with Crippen molar-refractivity contribution in [3.63, 3.8) is 0 Å². The fourth-order valence-electron chi connectivity index (χ4n) is 1.43. The number of thioether (sulfide) groups is 1. The fourth-order valence-corrected chi connectivity index (χ4v) is 2.42. The molecule has 3 heteroatoms. The van der Waals surface area contributed by atoms with Crippen molar-refractivity contribution in [2.75, 3.05) is 26.0 Å². The molecule has 0 atom stereocenters. The molecule has 1 rings (SSSR count). The zero-order chi connectivity index (χ0) is 11.1. The molecule has 0 bridgehead atoms. The first-order valence-electron chi connectivity index (χ1n) is 5.19. The minimum atomic E-state index is 0.710. The van der Waals surface area contributed by atoms with Crippen LogP contribution in [0.1, 0.15) is 11.1 Å². The van der Waals surface area contributed by atoms with Gasteiger partial charge in [0.1, 0.15) is 0 Å². The van der Waals surface area contributed by atoms with Gasteiger partial charge in [-0.1, -0.05) is 17.7 Å². The minimum Gasteiger partial charge on any atom is -0.384 e. The van der Waals surface area contributed by atoms with E-state index in [1.54, 1.807) is 7.11 Å². The third-order valence-corrected chi connectivity index (χ3v) is 3.25. The lowest BCUT2D eigenvalue weighted by atomic mass is 10.1. The molecule has 1 aromatic carbocycles. The molecular weight excluding hydrogens is 206 g/mol. The van der Waals surface area contributed by atoms with Gasteiger partial charge in [0.2, 0.25) is 0 Å². The predicted molar refractivity (Wildman–Crippen MR) is 66.5 cm³/mol. The van der Waals surface area contributed by atoms with Crippen LogP contribution in [0.5, 0.6) is 0 Å². The summed E-state index contributed by atoms with van der Waals surface area (Å²) in [6.45, 7) is 3.62. The normalized spacial score (nSPS) is 10.6. The summed E-state index contributed by atoms with van der Waals surface area (Å²) in [7, 11) is 1.73. The van der Waals surface area contributed by atoms with Crippen molar-refractivity contribution in [1.82, 2.24) is 0 Å². The highest BCUT2D eigenvalue weighted by molar-refractivity contribution is 7.99. The van der Waals surface area contributed by atoms with Crippen molar-refractivity contribution >= 4 is 11.8 Å². The van der Waals surface area contributed by atoms with Gasteiger partial charge in [-0.15, -0.1) is 11.8 Å². The molecule has 0 aliphatic heterocycles. The molecule has 2 N–H and O–H groups in total. The summed E-state index contributed by atoms with van der Waals surface area (Å²) >= 11 is 1.84. The van der Waals surface area contributed by atoms with E-state index in [1.807, 2.05) is 11.8 Å². The highest BCUT2D eigenvalue weighted by Gasteiger charge is 2.02. The first kappa shape index (κ1) is 12.6. The molecule has 0 spiro atoms. The molecule has 1 aromatic rings. The standard InChI is InChI=1S/C12H19NOS/c1-10-3-4-12(15-8-7-14-2)11(9-10)5-6-13/h3-4,9H,5-8,13H2,1-2H3. The maximum atomic E-state index is 5.60. The second-order valence-electron chi connectivity index (χ2n) is 3.49. The van der Waals surface area contributed by atoms with E-state index in [0.717, 1.165) is 18.8 Å². The molecule has 0 aliphatic rings. The predicted octanol–water partition coefficient (Wildman–Crippen LogP) is 2.23. The fraction of sp³-hybridized carbons (Fsp3) is 0.500. The van der Waals surface area contributed by atoms with Crippen LogP contribution in [0.4, 0.5) is 0 Å². The summed E-state index contributed by atoms with van der Waals surface area (Å²) in [5.41, 5.74) is 8.26. The van der Waals surface area contributed by atoms with Gasteiger partial charge in [0.05, 0.1) is 6.61 Å². The van der Waals surface area contributed by atoms with Crippen LogP contribution in [-0.4, -0.2) is 26.0 Å². The van der Waals surface area contributed by atoms with Crippen LogP contribution in [0.3, 0.4) is 0 Å². The van der Waals surface area contributed by atoms with Crippen molar-refractivity contribution in [2.24, 2.45) is 5.73 Å². The maximum absolute atomic E-state index is 5.60. The van der Waals surface area contributed by atoms with Crippen LogP contribution in [0.2, 0.25) is 0 Å². The molecule has 84 valence electrons. The van der Waals surface area contributed by atoms with Crippen LogP contribution in [0, 0.1) is 6.92 Å². The Hall–Kier alpha value is -0.510. The number of benzene rings is 1. The Morgan fingerprint density at radius 2 is 2.20 bits per heavy atom. The first-order chi connectivity index (χ1) is 7.27. The van der Waals surface area contributed by atoms with Crippen LogP contribution in [0.25, 0.3) is 0 Å². The monoisotopic (exact) mass is 225 g/mol. The molecule has 0 radical (unpaired) electrons. The van der Waals surface area contributed by atoms with Gasteiger partial charge in [0, 0.05) is 17.8 Å². The Kier molecular flexibility index (Phi) is 5.76. The number of aryl methyl sites for hydroxylation is 1. The quantitative estimate of drug-likeness (QED) is 0.595. The van der Waals surface area contributed by atoms with E-state index >= 15 is 0 Å². The molecular formula is C12H19NOS. The number of nitrogens with two attached hydrogens (primary N) is 1. The third-order valence-electron chi connectivity index (χ3n) is 2.17. The lowest BCUT2D eigenvalue weighted by Crippen LogP contribution is -2.04. The maximum Gasteiger partial charge on any atom is 0.0556 e. The second kappa shape index (κ2) is 6.88. The van der Waals surface area contributed by atoms with Crippen molar-refractivity contribution in [1.29, 1.82) is 0 Å². The number of ether oxygens (including phenoxy) is 1. The van der Waals surface area contributed by atoms with E-state index in [1.165, 1.54) is 16.0 Å². The van der Waals surface area contributed by atoms with E-state index < -0.39 is 0 Å². The Balaban J connectivity index is 2.67. The van der Waals surface area contributed by atoms with Crippen LogP contribution >= 0.6 is 11.8 Å². The average Bonchev–Trinajstić information content (AvgIpc) is 2.22. The molecule has 0 fully saturated rings. The van der Waals surface area contributed by atoms with Gasteiger partial charge in [0.15, 0.2) is 0 Å². The van der Waals surface area contributed by atoms with Gasteiger partial charge < -0.3 is 10.5 Å². The van der Waals surface area contributed by atoms with Gasteiger partial charge in [-0.3, -0.25) is 0 Å². The summed E-state index contributed by atoms with van der Waals surface area (Å²) < 4.78 is 5.04. The van der Waals surface area contributed by atoms with E-state index in [4.69, 9.17) is 10.5 Å². The Morgan fingerprint density at radius 3 is 2.87 bits per heavy atom. The van der Waals surface area contributed by atoms with Gasteiger partial charge >= 0.3 is 0 Å². The van der Waals surface area contributed by atoms with Crippen molar-refractivity contribution in [3.05, 3.63) is 29.3 Å². The summed E-state index contributed by atoms with van der Waals surface area (Å²) in [4.78, 5) is 1.34. The summed E-state index contributed by atoms with van der Waals surface area (Å²) in [6.07, 6.45) is 0.955. The average molecular weight is 225 g/mol. The van der Waals surface area contributed by atoms with Crippen LogP contribution < -0.4 is 5.73 Å². The molecule has 0 aliphatic carbocycles. The van der Waals surface area contributed by atoms with Gasteiger partial charge in [0.25, 0.3) is 0 Å². The minimum absolute atomic E-state index is 0.710. The highest BCUT2D eigenvalue weighted by Crippen LogP contribution is 2.23. The third kappa shape index (κ3) is 4.24. The number of rotatable bonds is 6. The van der Waals surface area contributed by atoms with Gasteiger partial charge in [-0.05, 0) is 31.5 Å². The molecule has 0 aromatic heterocycles. The summed E-state index contributed by atoms with van der Waals surface area (Å²) in [5, 5.41) is 0. The largest absolute Gasteiger partial charge is 0.384 e. The van der Waals surface area contributed by atoms with Crippen LogP contribution in [0.15, 0.2) is 23.1 Å². The van der Waals surface area contributed by atoms with Gasteiger partial charge in [-0.25, -0.2) is 0 Å². The molecule has 0 saturated carbocycles. The van der Waals surface area contributed by atoms with Crippen molar-refractivity contribution < 1.29 is 4.74 Å². The SMILES string of the molecule is COCCSc1ccc(C)cc1CCN. The van der Waals surface area contributed by atoms with Crippen molar-refractivity contribution in [3.8, 4) is 0 Å². The summed E-state index contributed by atoms with van der Waals surface area (Å²) in [6, 6.07) is 6.55. The zero-order valence-corrected chi connectivity index (χ0v) is 10.3. The molecule has 0 heterocycles. The topological polar surface area (TPSA) is 35.2 Å². The Labute approximate surface area is 96.2 Å². The summed E-state index contributed by atoms with van der Waals surface area (Å²) in [5.74, 6) is 0.997. The second-order valence-corrected chi connectivity index (χ2v) is 4.63. The Bertz CT molecular complexity index is 302. The van der Waals surface area contributed by atoms with E-state index in [9.17, 15) is 0 Å².